The van der Waals surface area contributed by atoms with Crippen LogP contribution < -0.4 is 16.0 Å². The third kappa shape index (κ3) is 5.81. The van der Waals surface area contributed by atoms with Crippen LogP contribution in [0.4, 0.5) is 10.5 Å². The van der Waals surface area contributed by atoms with E-state index in [4.69, 9.17) is 11.1 Å². The van der Waals surface area contributed by atoms with E-state index < -0.39 is 21.3 Å². The van der Waals surface area contributed by atoms with Gasteiger partial charge in [-0.25, -0.2) is 17.5 Å². The third-order valence-corrected chi connectivity index (χ3v) is 8.87. The monoisotopic (exact) mass is 463 g/mol. The van der Waals surface area contributed by atoms with Crippen molar-refractivity contribution in [2.45, 2.75) is 82.5 Å². The van der Waals surface area contributed by atoms with E-state index in [0.29, 0.717) is 31.5 Å². The van der Waals surface area contributed by atoms with Crippen molar-refractivity contribution < 1.29 is 13.2 Å². The number of primary amides is 1. The molecule has 3 rings (SSSR count). The van der Waals surface area contributed by atoms with Crippen LogP contribution >= 0.6 is 0 Å². The molecule has 1 aromatic carbocycles. The minimum Gasteiger partial charge on any atom is -0.367 e. The molecule has 1 saturated carbocycles. The number of urea groups is 1. The van der Waals surface area contributed by atoms with Crippen LogP contribution in [-0.4, -0.2) is 55.0 Å². The van der Waals surface area contributed by atoms with E-state index >= 15 is 0 Å². The summed E-state index contributed by atoms with van der Waals surface area (Å²) < 4.78 is 26.3. The van der Waals surface area contributed by atoms with E-state index in [9.17, 15) is 13.2 Å². The van der Waals surface area contributed by atoms with Gasteiger partial charge < -0.3 is 11.1 Å². The first-order valence-corrected chi connectivity index (χ1v) is 13.2. The molecule has 0 spiro atoms. The third-order valence-electron chi connectivity index (χ3n) is 6.60. The molecule has 8 nitrogen and oxygen atoms in total. The van der Waals surface area contributed by atoms with E-state index in [1.165, 1.54) is 12.8 Å². The molecule has 0 atom stereocenters. The van der Waals surface area contributed by atoms with Gasteiger partial charge in [0.2, 0.25) is 10.0 Å². The Balaban J connectivity index is 1.66. The molecule has 0 unspecified atom stereocenters. The van der Waals surface area contributed by atoms with E-state index in [0.717, 1.165) is 31.4 Å². The van der Waals surface area contributed by atoms with Crippen LogP contribution in [0, 0.1) is 5.41 Å². The fourth-order valence-corrected chi connectivity index (χ4v) is 6.00. The van der Waals surface area contributed by atoms with Crippen LogP contribution in [0.15, 0.2) is 24.3 Å². The molecule has 9 heteroatoms. The molecule has 2 aliphatic rings. The highest BCUT2D eigenvalue weighted by atomic mass is 32.2. The average molecular weight is 464 g/mol. The molecule has 2 fully saturated rings. The zero-order chi connectivity index (χ0) is 23.3. The van der Waals surface area contributed by atoms with Gasteiger partial charge in [-0.3, -0.25) is 10.3 Å². The number of rotatable bonds is 6. The van der Waals surface area contributed by atoms with Gasteiger partial charge in [0.25, 0.3) is 0 Å². The fourth-order valence-electron chi connectivity index (χ4n) is 4.69. The minimum absolute atomic E-state index is 0.0406. The van der Waals surface area contributed by atoms with Crippen molar-refractivity contribution in [1.29, 1.82) is 5.41 Å². The summed E-state index contributed by atoms with van der Waals surface area (Å²) in [6.45, 7) is 4.32. The van der Waals surface area contributed by atoms with Gasteiger partial charge in [0.1, 0.15) is 5.84 Å². The van der Waals surface area contributed by atoms with Crippen molar-refractivity contribution in [3.05, 3.63) is 29.8 Å². The van der Waals surface area contributed by atoms with E-state index in [-0.39, 0.29) is 17.9 Å². The Morgan fingerprint density at radius 2 is 1.75 bits per heavy atom. The number of carbonyl (C=O) groups excluding carboxylic acids is 1. The predicted octanol–water partition coefficient (Wildman–Crippen LogP) is 3.41. The number of nitrogens with one attached hydrogen (secondary N) is 2. The summed E-state index contributed by atoms with van der Waals surface area (Å²) >= 11 is 0. The highest BCUT2D eigenvalue weighted by Crippen LogP contribution is 2.27. The summed E-state index contributed by atoms with van der Waals surface area (Å²) in [6.07, 6.45) is 7.77. The van der Waals surface area contributed by atoms with Crippen molar-refractivity contribution >= 4 is 27.6 Å². The maximum atomic E-state index is 12.4. The lowest BCUT2D eigenvalue weighted by Crippen LogP contribution is -2.48. The van der Waals surface area contributed by atoms with Crippen LogP contribution in [0.1, 0.15) is 70.8 Å². The summed E-state index contributed by atoms with van der Waals surface area (Å²) in [7, 11) is -3.24. The molecule has 4 N–H and O–H groups in total. The molecular weight excluding hydrogens is 426 g/mol. The lowest BCUT2D eigenvalue weighted by atomic mass is 10.0. The smallest absolute Gasteiger partial charge is 0.319 e. The Bertz CT molecular complexity index is 902. The number of hydrogen-bond acceptors (Lipinski definition) is 4. The minimum atomic E-state index is -3.24. The van der Waals surface area contributed by atoms with Gasteiger partial charge in [0, 0.05) is 36.4 Å². The number of amidine groups is 1. The van der Waals surface area contributed by atoms with Gasteiger partial charge in [0.15, 0.2) is 0 Å². The predicted molar refractivity (Wildman–Crippen MR) is 129 cm³/mol. The average Bonchev–Trinajstić information content (AvgIpc) is 3.03. The molecule has 1 heterocycles. The van der Waals surface area contributed by atoms with Crippen molar-refractivity contribution in [2.24, 2.45) is 5.73 Å². The Kier molecular flexibility index (Phi) is 8.16. The molecule has 32 heavy (non-hydrogen) atoms. The molecule has 0 aromatic heterocycles. The van der Waals surface area contributed by atoms with Gasteiger partial charge in [-0.05, 0) is 51.7 Å². The van der Waals surface area contributed by atoms with Crippen LogP contribution in [0.2, 0.25) is 0 Å². The maximum Gasteiger partial charge on any atom is 0.319 e. The lowest BCUT2D eigenvalue weighted by molar-refractivity contribution is 0.251. The van der Waals surface area contributed by atoms with Crippen molar-refractivity contribution in [2.75, 3.05) is 18.0 Å². The molecule has 178 valence electrons. The number of nitrogens with zero attached hydrogens (tertiary/aromatic N) is 2. The summed E-state index contributed by atoms with van der Waals surface area (Å²) in [5, 5.41) is 11.4. The van der Waals surface area contributed by atoms with Gasteiger partial charge in [-0.2, -0.15) is 0 Å². The van der Waals surface area contributed by atoms with Gasteiger partial charge in [0.05, 0.1) is 5.25 Å². The molecule has 2 amide bonds. The molecular formula is C23H37N5O3S. The summed E-state index contributed by atoms with van der Waals surface area (Å²) in [6, 6.07) is 7.12. The van der Waals surface area contributed by atoms with Crippen molar-refractivity contribution in [3.8, 4) is 0 Å². The second-order valence-electron chi connectivity index (χ2n) is 9.19. The van der Waals surface area contributed by atoms with E-state index in [1.807, 2.05) is 24.3 Å². The number of nitrogens with two attached hydrogens (primary N) is 1. The molecule has 0 radical (unpaired) electrons. The first-order chi connectivity index (χ1) is 15.2. The normalized spacial score (nSPS) is 19.5. The molecule has 1 aliphatic heterocycles. The van der Waals surface area contributed by atoms with Crippen LogP contribution in [0.3, 0.4) is 0 Å². The second-order valence-corrected chi connectivity index (χ2v) is 11.7. The zero-order valence-corrected chi connectivity index (χ0v) is 20.0. The van der Waals surface area contributed by atoms with Crippen LogP contribution in [-0.2, 0) is 10.0 Å². The zero-order valence-electron chi connectivity index (χ0n) is 19.2. The van der Waals surface area contributed by atoms with Gasteiger partial charge in [-0.15, -0.1) is 0 Å². The number of anilines is 1. The Labute approximate surface area is 192 Å². The largest absolute Gasteiger partial charge is 0.367 e. The number of piperidine rings is 1. The highest BCUT2D eigenvalue weighted by molar-refractivity contribution is 7.89. The number of benzene rings is 1. The quantitative estimate of drug-likeness (QED) is 0.340. The highest BCUT2D eigenvalue weighted by Gasteiger charge is 2.30. The van der Waals surface area contributed by atoms with Crippen LogP contribution in [0.25, 0.3) is 0 Å². The summed E-state index contributed by atoms with van der Waals surface area (Å²) in [5.41, 5.74) is 7.18. The van der Waals surface area contributed by atoms with Gasteiger partial charge >= 0.3 is 6.03 Å². The van der Waals surface area contributed by atoms with Gasteiger partial charge in [-0.1, -0.05) is 37.8 Å². The Hall–Kier alpha value is -2.13. The topological polar surface area (TPSA) is 120 Å². The number of amides is 2. The second kappa shape index (κ2) is 10.7. The number of sulfonamides is 1. The Morgan fingerprint density at radius 1 is 1.12 bits per heavy atom. The maximum absolute atomic E-state index is 12.4. The van der Waals surface area contributed by atoms with E-state index in [1.54, 1.807) is 23.1 Å². The molecule has 1 aliphatic carbocycles. The van der Waals surface area contributed by atoms with Crippen molar-refractivity contribution in [1.82, 2.24) is 9.62 Å². The standard InChI is InChI=1S/C23H37N5O3S/c1-17(2)32(30,31)27-14-12-19(13-15-27)26-22(24)18-8-7-11-21(16-18)28(23(25)29)20-9-5-3-4-6-10-20/h7-8,11,16-17,19-20H,3-6,9-10,12-15H2,1-2H3,(H2,24,26)(H2,25,29). The van der Waals surface area contributed by atoms with Crippen LogP contribution in [0.5, 0.6) is 0 Å². The Morgan fingerprint density at radius 3 is 2.31 bits per heavy atom. The summed E-state index contributed by atoms with van der Waals surface area (Å²) in [4.78, 5) is 14.0. The number of hydrogen-bond donors (Lipinski definition) is 3. The molecule has 1 aromatic rings. The SMILES string of the molecule is CC(C)S(=O)(=O)N1CCC(NC(=N)c2cccc(N(C(N)=O)C3CCCCCC3)c2)CC1. The molecule has 0 bridgehead atoms. The van der Waals surface area contributed by atoms with E-state index in [2.05, 4.69) is 5.32 Å². The van der Waals surface area contributed by atoms with Crippen molar-refractivity contribution in [3.63, 3.8) is 0 Å². The first kappa shape index (κ1) is 24.5. The molecule has 1 saturated heterocycles. The number of carbonyl (C=O) groups is 1. The first-order valence-electron chi connectivity index (χ1n) is 11.7. The fraction of sp³-hybridized carbons (Fsp3) is 0.652. The summed E-state index contributed by atoms with van der Waals surface area (Å²) in [5.74, 6) is 0.280. The lowest BCUT2D eigenvalue weighted by Gasteiger charge is -2.33.